The molecule has 0 saturated carbocycles. The minimum atomic E-state index is -0.848. The number of primary amides is 1. The minimum absolute atomic E-state index is 0.272. The van der Waals surface area contributed by atoms with Crippen LogP contribution in [0.15, 0.2) is 48.5 Å². The molecule has 2 aromatic rings. The molecule has 4 N–H and O–H groups in total. The minimum Gasteiger partial charge on any atom is -0.368 e. The SMILES string of the molecule is CC(=O)Nc1ccccc1C(=O)N[C@H](Cc1ccccc1C)C(N)=O. The van der Waals surface area contributed by atoms with Gasteiger partial charge in [0, 0.05) is 13.3 Å². The van der Waals surface area contributed by atoms with Crippen molar-refractivity contribution in [3.05, 3.63) is 65.2 Å². The fourth-order valence-corrected chi connectivity index (χ4v) is 2.50. The summed E-state index contributed by atoms with van der Waals surface area (Å²) in [5, 5.41) is 5.26. The number of hydrogen-bond acceptors (Lipinski definition) is 3. The molecule has 0 aliphatic carbocycles. The summed E-state index contributed by atoms with van der Waals surface area (Å²) in [6.07, 6.45) is 0.302. The average molecular weight is 339 g/mol. The molecule has 2 aromatic carbocycles. The van der Waals surface area contributed by atoms with E-state index in [0.717, 1.165) is 11.1 Å². The van der Waals surface area contributed by atoms with Crippen LogP contribution in [-0.2, 0) is 16.0 Å². The molecule has 0 aliphatic rings. The molecule has 0 radical (unpaired) electrons. The molecule has 0 heterocycles. The predicted octanol–water partition coefficient (Wildman–Crippen LogP) is 1.78. The molecule has 0 fully saturated rings. The number of nitrogens with two attached hydrogens (primary N) is 1. The average Bonchev–Trinajstić information content (AvgIpc) is 2.55. The first-order valence-corrected chi connectivity index (χ1v) is 7.89. The Kier molecular flexibility index (Phi) is 5.89. The molecule has 0 saturated heterocycles. The number of benzene rings is 2. The van der Waals surface area contributed by atoms with Gasteiger partial charge in [-0.1, -0.05) is 36.4 Å². The molecule has 6 nitrogen and oxygen atoms in total. The largest absolute Gasteiger partial charge is 0.368 e. The van der Waals surface area contributed by atoms with E-state index in [1.165, 1.54) is 6.92 Å². The summed E-state index contributed by atoms with van der Waals surface area (Å²) >= 11 is 0. The third-order valence-corrected chi connectivity index (χ3v) is 3.82. The van der Waals surface area contributed by atoms with Gasteiger partial charge in [0.15, 0.2) is 0 Å². The molecule has 0 spiro atoms. The van der Waals surface area contributed by atoms with E-state index in [0.29, 0.717) is 12.1 Å². The lowest BCUT2D eigenvalue weighted by Gasteiger charge is -2.18. The Hall–Kier alpha value is -3.15. The highest BCUT2D eigenvalue weighted by Crippen LogP contribution is 2.16. The Bertz CT molecular complexity index is 802. The monoisotopic (exact) mass is 339 g/mol. The van der Waals surface area contributed by atoms with Crippen LogP contribution in [0.5, 0.6) is 0 Å². The van der Waals surface area contributed by atoms with Crippen molar-refractivity contribution in [2.24, 2.45) is 5.73 Å². The maximum atomic E-state index is 12.6. The molecular weight excluding hydrogens is 318 g/mol. The van der Waals surface area contributed by atoms with Gasteiger partial charge < -0.3 is 16.4 Å². The van der Waals surface area contributed by atoms with Gasteiger partial charge >= 0.3 is 0 Å². The van der Waals surface area contributed by atoms with Crippen LogP contribution in [0, 0.1) is 6.92 Å². The van der Waals surface area contributed by atoms with Gasteiger partial charge in [-0.2, -0.15) is 0 Å². The summed E-state index contributed by atoms with van der Waals surface area (Å²) in [5.41, 5.74) is 8.06. The van der Waals surface area contributed by atoms with Gasteiger partial charge in [0.1, 0.15) is 6.04 Å². The highest BCUT2D eigenvalue weighted by atomic mass is 16.2. The first-order chi connectivity index (χ1) is 11.9. The van der Waals surface area contributed by atoms with Crippen LogP contribution in [0.3, 0.4) is 0 Å². The zero-order chi connectivity index (χ0) is 18.4. The van der Waals surface area contributed by atoms with Crippen molar-refractivity contribution in [2.75, 3.05) is 5.32 Å². The maximum absolute atomic E-state index is 12.6. The summed E-state index contributed by atoms with van der Waals surface area (Å²) in [6.45, 7) is 3.29. The van der Waals surface area contributed by atoms with Crippen LogP contribution in [0.4, 0.5) is 5.69 Å². The van der Waals surface area contributed by atoms with Crippen molar-refractivity contribution < 1.29 is 14.4 Å². The topological polar surface area (TPSA) is 101 Å². The third kappa shape index (κ3) is 4.91. The Morgan fingerprint density at radius 3 is 2.32 bits per heavy atom. The van der Waals surface area contributed by atoms with Crippen molar-refractivity contribution in [3.8, 4) is 0 Å². The van der Waals surface area contributed by atoms with Gasteiger partial charge in [-0.05, 0) is 30.2 Å². The normalized spacial score (nSPS) is 11.4. The quantitative estimate of drug-likeness (QED) is 0.747. The molecule has 0 aromatic heterocycles. The van der Waals surface area contributed by atoms with Gasteiger partial charge in [-0.15, -0.1) is 0 Å². The van der Waals surface area contributed by atoms with Gasteiger partial charge in [0.25, 0.3) is 5.91 Å². The van der Waals surface area contributed by atoms with Crippen LogP contribution in [0.1, 0.15) is 28.4 Å². The first kappa shape index (κ1) is 18.2. The third-order valence-electron chi connectivity index (χ3n) is 3.82. The number of amides is 3. The van der Waals surface area contributed by atoms with Crippen molar-refractivity contribution in [1.29, 1.82) is 0 Å². The van der Waals surface area contributed by atoms with E-state index in [9.17, 15) is 14.4 Å². The van der Waals surface area contributed by atoms with Crippen LogP contribution in [0.25, 0.3) is 0 Å². The van der Waals surface area contributed by atoms with Crippen LogP contribution in [0.2, 0.25) is 0 Å². The molecule has 130 valence electrons. The fourth-order valence-electron chi connectivity index (χ4n) is 2.50. The lowest BCUT2D eigenvalue weighted by atomic mass is 10.0. The standard InChI is InChI=1S/C19H21N3O3/c1-12-7-3-4-8-14(12)11-17(18(20)24)22-19(25)15-9-5-6-10-16(15)21-13(2)23/h3-10,17H,11H2,1-2H3,(H2,20,24)(H,21,23)(H,22,25)/t17-/m1/s1. The second-order valence-electron chi connectivity index (χ2n) is 5.79. The molecule has 0 bridgehead atoms. The van der Waals surface area contributed by atoms with Crippen molar-refractivity contribution in [3.63, 3.8) is 0 Å². The van der Waals surface area contributed by atoms with E-state index in [-0.39, 0.29) is 11.5 Å². The molecule has 1 atom stereocenters. The molecule has 6 heteroatoms. The van der Waals surface area contributed by atoms with Gasteiger partial charge in [0.05, 0.1) is 11.3 Å². The lowest BCUT2D eigenvalue weighted by molar-refractivity contribution is -0.119. The van der Waals surface area contributed by atoms with E-state index < -0.39 is 17.9 Å². The number of nitrogens with one attached hydrogen (secondary N) is 2. The summed E-state index contributed by atoms with van der Waals surface area (Å²) in [7, 11) is 0. The van der Waals surface area contributed by atoms with Gasteiger partial charge in [-0.25, -0.2) is 0 Å². The molecule has 2 rings (SSSR count). The maximum Gasteiger partial charge on any atom is 0.254 e. The number of rotatable bonds is 6. The Morgan fingerprint density at radius 1 is 1.04 bits per heavy atom. The van der Waals surface area contributed by atoms with E-state index in [1.54, 1.807) is 24.3 Å². The van der Waals surface area contributed by atoms with Gasteiger partial charge in [-0.3, -0.25) is 14.4 Å². The number of carbonyl (C=O) groups is 3. The van der Waals surface area contributed by atoms with Crippen molar-refractivity contribution in [1.82, 2.24) is 5.32 Å². The van der Waals surface area contributed by atoms with Crippen LogP contribution >= 0.6 is 0 Å². The summed E-state index contributed by atoms with van der Waals surface area (Å²) in [4.78, 5) is 35.6. The number of aryl methyl sites for hydroxylation is 1. The molecule has 0 unspecified atom stereocenters. The Balaban J connectivity index is 2.20. The highest BCUT2D eigenvalue weighted by Gasteiger charge is 2.21. The van der Waals surface area contributed by atoms with Crippen molar-refractivity contribution >= 4 is 23.4 Å². The van der Waals surface area contributed by atoms with Crippen molar-refractivity contribution in [2.45, 2.75) is 26.3 Å². The summed E-state index contributed by atoms with van der Waals surface area (Å²) in [5.74, 6) is -1.37. The number of hydrogen-bond donors (Lipinski definition) is 3. The molecular formula is C19H21N3O3. The van der Waals surface area contributed by atoms with E-state index in [2.05, 4.69) is 10.6 Å². The predicted molar refractivity (Wildman–Crippen MR) is 96.1 cm³/mol. The highest BCUT2D eigenvalue weighted by molar-refractivity contribution is 6.04. The zero-order valence-corrected chi connectivity index (χ0v) is 14.2. The van der Waals surface area contributed by atoms with E-state index in [4.69, 9.17) is 5.73 Å². The number of carbonyl (C=O) groups excluding carboxylic acids is 3. The Labute approximate surface area is 146 Å². The smallest absolute Gasteiger partial charge is 0.254 e. The fraction of sp³-hybridized carbons (Fsp3) is 0.211. The molecule has 3 amide bonds. The lowest BCUT2D eigenvalue weighted by Crippen LogP contribution is -2.46. The summed E-state index contributed by atoms with van der Waals surface area (Å²) in [6, 6.07) is 13.3. The zero-order valence-electron chi connectivity index (χ0n) is 14.2. The second-order valence-corrected chi connectivity index (χ2v) is 5.79. The molecule has 0 aliphatic heterocycles. The molecule has 25 heavy (non-hydrogen) atoms. The number of para-hydroxylation sites is 1. The second kappa shape index (κ2) is 8.10. The number of anilines is 1. The first-order valence-electron chi connectivity index (χ1n) is 7.89. The van der Waals surface area contributed by atoms with E-state index >= 15 is 0 Å². The summed E-state index contributed by atoms with van der Waals surface area (Å²) < 4.78 is 0. The van der Waals surface area contributed by atoms with Crippen LogP contribution < -0.4 is 16.4 Å². The van der Waals surface area contributed by atoms with Crippen LogP contribution in [-0.4, -0.2) is 23.8 Å². The Morgan fingerprint density at radius 2 is 1.68 bits per heavy atom. The van der Waals surface area contributed by atoms with E-state index in [1.807, 2.05) is 31.2 Å². The van der Waals surface area contributed by atoms with Gasteiger partial charge in [0.2, 0.25) is 11.8 Å².